The maximum absolute atomic E-state index is 14.3. The molecule has 0 saturated heterocycles. The zero-order valence-corrected chi connectivity index (χ0v) is 17.8. The van der Waals surface area contributed by atoms with E-state index in [4.69, 9.17) is 4.74 Å². The number of carbonyl (C=O) groups is 3. The molecule has 1 heterocycles. The van der Waals surface area contributed by atoms with E-state index in [1.165, 1.54) is 13.1 Å². The number of hydrogen-bond donors (Lipinski definition) is 2. The van der Waals surface area contributed by atoms with E-state index in [0.717, 1.165) is 18.2 Å². The van der Waals surface area contributed by atoms with E-state index in [2.05, 4.69) is 15.6 Å². The van der Waals surface area contributed by atoms with Crippen LogP contribution in [0.5, 0.6) is 0 Å². The normalized spacial score (nSPS) is 12.1. The second-order valence-electron chi connectivity index (χ2n) is 7.93. The first-order valence-corrected chi connectivity index (χ1v) is 9.62. The van der Waals surface area contributed by atoms with Gasteiger partial charge in [-0.2, -0.15) is 0 Å². The number of hydrogen-bond acceptors (Lipinski definition) is 5. The molecule has 2 rings (SSSR count). The number of aromatic nitrogens is 1. The number of amides is 2. The number of Topliss-reactive ketones (excluding diaryl/α,β-unsaturated/α-hetero) is 1. The van der Waals surface area contributed by atoms with Crippen LogP contribution in [-0.2, 0) is 20.7 Å². The van der Waals surface area contributed by atoms with Gasteiger partial charge in [-0.15, -0.1) is 0 Å². The van der Waals surface area contributed by atoms with Crippen molar-refractivity contribution < 1.29 is 27.9 Å². The second-order valence-corrected chi connectivity index (χ2v) is 7.93. The molecule has 1 aromatic heterocycles. The Morgan fingerprint density at radius 3 is 2.52 bits per heavy atom. The summed E-state index contributed by atoms with van der Waals surface area (Å²) in [4.78, 5) is 40.7. The predicted octanol–water partition coefficient (Wildman–Crippen LogP) is 3.74. The number of alkyl carbamates (subject to hydrolysis) is 1. The number of halogens is 2. The van der Waals surface area contributed by atoms with Gasteiger partial charge < -0.3 is 15.4 Å². The van der Waals surface area contributed by atoms with Crippen LogP contribution in [0.15, 0.2) is 36.5 Å². The molecule has 31 heavy (non-hydrogen) atoms. The molecule has 0 bridgehead atoms. The molecule has 0 aliphatic carbocycles. The number of nitrogens with one attached hydrogen (secondary N) is 2. The van der Waals surface area contributed by atoms with Gasteiger partial charge in [0.15, 0.2) is 5.78 Å². The fourth-order valence-electron chi connectivity index (χ4n) is 2.87. The van der Waals surface area contributed by atoms with E-state index in [9.17, 15) is 23.2 Å². The zero-order chi connectivity index (χ0) is 23.2. The van der Waals surface area contributed by atoms with Crippen molar-refractivity contribution in [1.29, 1.82) is 0 Å². The molecule has 0 radical (unpaired) electrons. The monoisotopic (exact) mass is 433 g/mol. The lowest BCUT2D eigenvalue weighted by Gasteiger charge is -2.21. The summed E-state index contributed by atoms with van der Waals surface area (Å²) in [5.41, 5.74) is -0.341. The third-order valence-corrected chi connectivity index (χ3v) is 4.11. The maximum Gasteiger partial charge on any atom is 0.408 e. The molecule has 1 aromatic carbocycles. The number of anilines is 1. The van der Waals surface area contributed by atoms with Gasteiger partial charge in [-0.3, -0.25) is 14.6 Å². The van der Waals surface area contributed by atoms with E-state index in [1.807, 2.05) is 0 Å². The fraction of sp³-hybridized carbons (Fsp3) is 0.364. The van der Waals surface area contributed by atoms with Gasteiger partial charge in [0.2, 0.25) is 5.91 Å². The second kappa shape index (κ2) is 10.1. The standard InChI is InChI=1S/C22H25F2N3O4/c1-13(28)27-18-6-5-9-25-20(18)16(11-14-10-15(23)7-8-17(14)24)19(29)12-26-21(30)31-22(2,3)4/h5-10,16H,11-12H2,1-4H3,(H,26,30)(H,27,28)/t16-/m0/s1. The lowest BCUT2D eigenvalue weighted by atomic mass is 9.90. The first-order valence-electron chi connectivity index (χ1n) is 9.62. The molecule has 2 N–H and O–H groups in total. The lowest BCUT2D eigenvalue weighted by Crippen LogP contribution is -2.37. The summed E-state index contributed by atoms with van der Waals surface area (Å²) in [6.07, 6.45) is 0.409. The van der Waals surface area contributed by atoms with Crippen LogP contribution in [0, 0.1) is 11.6 Å². The van der Waals surface area contributed by atoms with Gasteiger partial charge in [-0.25, -0.2) is 13.6 Å². The minimum atomic E-state index is -1.06. The number of ether oxygens (including phenoxy) is 1. The van der Waals surface area contributed by atoms with Crippen molar-refractivity contribution in [3.05, 3.63) is 59.4 Å². The molecule has 9 heteroatoms. The smallest absolute Gasteiger partial charge is 0.408 e. The van der Waals surface area contributed by atoms with Crippen LogP contribution in [0.3, 0.4) is 0 Å². The van der Waals surface area contributed by atoms with Crippen molar-refractivity contribution in [2.45, 2.75) is 45.6 Å². The Hall–Kier alpha value is -3.36. The highest BCUT2D eigenvalue weighted by Crippen LogP contribution is 2.28. The van der Waals surface area contributed by atoms with Crippen LogP contribution < -0.4 is 10.6 Å². The van der Waals surface area contributed by atoms with E-state index in [1.54, 1.807) is 32.9 Å². The van der Waals surface area contributed by atoms with Gasteiger partial charge in [-0.1, -0.05) is 0 Å². The molecular weight excluding hydrogens is 408 g/mol. The van der Waals surface area contributed by atoms with Gasteiger partial charge in [0.25, 0.3) is 0 Å². The van der Waals surface area contributed by atoms with Crippen molar-refractivity contribution in [3.63, 3.8) is 0 Å². The van der Waals surface area contributed by atoms with E-state index in [0.29, 0.717) is 0 Å². The van der Waals surface area contributed by atoms with Crippen LogP contribution >= 0.6 is 0 Å². The highest BCUT2D eigenvalue weighted by molar-refractivity contribution is 5.94. The minimum Gasteiger partial charge on any atom is -0.444 e. The number of benzene rings is 1. The van der Waals surface area contributed by atoms with E-state index < -0.39 is 41.6 Å². The summed E-state index contributed by atoms with van der Waals surface area (Å²) in [5, 5.41) is 4.95. The first kappa shape index (κ1) is 23.9. The molecule has 0 saturated carbocycles. The third-order valence-electron chi connectivity index (χ3n) is 4.11. The largest absolute Gasteiger partial charge is 0.444 e. The molecular formula is C22H25F2N3O4. The molecule has 2 aromatic rings. The Bertz CT molecular complexity index is 973. The first-order chi connectivity index (χ1) is 14.5. The summed E-state index contributed by atoms with van der Waals surface area (Å²) < 4.78 is 33.0. The molecule has 1 atom stereocenters. The van der Waals surface area contributed by atoms with Gasteiger partial charge in [0.05, 0.1) is 23.8 Å². The quantitative estimate of drug-likeness (QED) is 0.693. The van der Waals surface area contributed by atoms with E-state index in [-0.39, 0.29) is 29.3 Å². The number of nitrogens with zero attached hydrogens (tertiary/aromatic N) is 1. The van der Waals surface area contributed by atoms with Crippen LogP contribution in [0.2, 0.25) is 0 Å². The lowest BCUT2D eigenvalue weighted by molar-refractivity contribution is -0.120. The summed E-state index contributed by atoms with van der Waals surface area (Å²) in [5.74, 6) is -3.30. The molecule has 0 spiro atoms. The molecule has 0 fully saturated rings. The fourth-order valence-corrected chi connectivity index (χ4v) is 2.87. The highest BCUT2D eigenvalue weighted by Gasteiger charge is 2.27. The molecule has 2 amide bonds. The minimum absolute atomic E-state index is 0.0324. The topological polar surface area (TPSA) is 97.4 Å². The zero-order valence-electron chi connectivity index (χ0n) is 17.8. The van der Waals surface area contributed by atoms with Gasteiger partial charge in [0.1, 0.15) is 17.2 Å². The van der Waals surface area contributed by atoms with Crippen molar-refractivity contribution in [1.82, 2.24) is 10.3 Å². The van der Waals surface area contributed by atoms with Crippen molar-refractivity contribution in [2.24, 2.45) is 0 Å². The van der Waals surface area contributed by atoms with Crippen molar-refractivity contribution in [2.75, 3.05) is 11.9 Å². The Morgan fingerprint density at radius 2 is 1.87 bits per heavy atom. The average molecular weight is 433 g/mol. The number of rotatable bonds is 7. The third kappa shape index (κ3) is 7.44. The van der Waals surface area contributed by atoms with Gasteiger partial charge in [0, 0.05) is 13.1 Å². The molecule has 7 nitrogen and oxygen atoms in total. The summed E-state index contributed by atoms with van der Waals surface area (Å²) >= 11 is 0. The predicted molar refractivity (Wildman–Crippen MR) is 111 cm³/mol. The summed E-state index contributed by atoms with van der Waals surface area (Å²) in [7, 11) is 0. The Kier molecular flexibility index (Phi) is 7.79. The average Bonchev–Trinajstić information content (AvgIpc) is 2.65. The van der Waals surface area contributed by atoms with Crippen LogP contribution in [0.25, 0.3) is 0 Å². The molecule has 0 aliphatic heterocycles. The Morgan fingerprint density at radius 1 is 1.16 bits per heavy atom. The van der Waals surface area contributed by atoms with Gasteiger partial charge in [-0.05, 0) is 63.1 Å². The summed E-state index contributed by atoms with van der Waals surface area (Å²) in [6.45, 7) is 5.91. The Balaban J connectivity index is 2.34. The SMILES string of the molecule is CC(=O)Nc1cccnc1[C@@H](Cc1cc(F)ccc1F)C(=O)CNC(=O)OC(C)(C)C. The molecule has 166 valence electrons. The number of pyridine rings is 1. The Labute approximate surface area is 179 Å². The van der Waals surface area contributed by atoms with Crippen molar-refractivity contribution >= 4 is 23.5 Å². The van der Waals surface area contributed by atoms with E-state index >= 15 is 0 Å². The summed E-state index contributed by atoms with van der Waals surface area (Å²) in [6, 6.07) is 6.06. The molecule has 0 aliphatic rings. The maximum atomic E-state index is 14.3. The van der Waals surface area contributed by atoms with Crippen LogP contribution in [0.4, 0.5) is 19.3 Å². The molecule has 0 unspecified atom stereocenters. The van der Waals surface area contributed by atoms with Crippen LogP contribution in [-0.4, -0.2) is 34.9 Å². The number of carbonyl (C=O) groups excluding carboxylic acids is 3. The van der Waals surface area contributed by atoms with Crippen LogP contribution in [0.1, 0.15) is 44.9 Å². The van der Waals surface area contributed by atoms with Gasteiger partial charge >= 0.3 is 6.09 Å². The highest BCUT2D eigenvalue weighted by atomic mass is 19.1. The van der Waals surface area contributed by atoms with Crippen molar-refractivity contribution in [3.8, 4) is 0 Å². The number of ketones is 1.